The van der Waals surface area contributed by atoms with Gasteiger partial charge in [0.15, 0.2) is 0 Å². The van der Waals surface area contributed by atoms with Crippen molar-refractivity contribution in [3.63, 3.8) is 0 Å². The Hall–Kier alpha value is -1.91. The van der Waals surface area contributed by atoms with Crippen LogP contribution < -0.4 is 5.32 Å². The number of hydrogen-bond donors (Lipinski definition) is 2. The van der Waals surface area contributed by atoms with Crippen molar-refractivity contribution in [2.24, 2.45) is 5.92 Å². The minimum Gasteiger partial charge on any atom is -0.481 e. The van der Waals surface area contributed by atoms with Crippen LogP contribution >= 0.6 is 0 Å². The van der Waals surface area contributed by atoms with E-state index in [1.807, 2.05) is 6.92 Å². The van der Waals surface area contributed by atoms with Crippen LogP contribution in [0.5, 0.6) is 0 Å². The Morgan fingerprint density at radius 3 is 2.71 bits per heavy atom. The lowest BCUT2D eigenvalue weighted by atomic mass is 9.94. The highest BCUT2D eigenvalue weighted by Gasteiger charge is 2.11. The number of rotatable bonds is 9. The van der Waals surface area contributed by atoms with Gasteiger partial charge >= 0.3 is 5.97 Å². The predicted molar refractivity (Wildman–Crippen MR) is 81.2 cm³/mol. The molecule has 0 saturated carbocycles. The Labute approximate surface area is 125 Å². The van der Waals surface area contributed by atoms with Crippen molar-refractivity contribution < 1.29 is 14.7 Å². The van der Waals surface area contributed by atoms with E-state index in [1.54, 1.807) is 18.3 Å². The smallest absolute Gasteiger partial charge is 0.303 e. The summed E-state index contributed by atoms with van der Waals surface area (Å²) in [6, 6.07) is 3.44. The van der Waals surface area contributed by atoms with E-state index in [1.165, 1.54) is 0 Å². The molecule has 5 nitrogen and oxygen atoms in total. The molecule has 0 bridgehead atoms. The summed E-state index contributed by atoms with van der Waals surface area (Å²) in [7, 11) is 0. The molecule has 2 N–H and O–H groups in total. The number of carboxylic acid groups (broad SMARTS) is 1. The highest BCUT2D eigenvalue weighted by atomic mass is 16.4. The molecule has 1 aromatic heterocycles. The second-order valence-corrected chi connectivity index (χ2v) is 5.32. The number of nitrogens with zero attached hydrogens (tertiary/aromatic N) is 1. The fourth-order valence-electron chi connectivity index (χ4n) is 2.35. The molecule has 0 aliphatic rings. The topological polar surface area (TPSA) is 79.3 Å². The van der Waals surface area contributed by atoms with Gasteiger partial charge in [0.05, 0.1) is 0 Å². The number of pyridine rings is 1. The van der Waals surface area contributed by atoms with Crippen molar-refractivity contribution in [3.05, 3.63) is 29.6 Å². The van der Waals surface area contributed by atoms with Crippen molar-refractivity contribution >= 4 is 11.9 Å². The number of carboxylic acids is 1. The van der Waals surface area contributed by atoms with E-state index < -0.39 is 5.97 Å². The third kappa shape index (κ3) is 6.88. The first-order valence-electron chi connectivity index (χ1n) is 7.45. The summed E-state index contributed by atoms with van der Waals surface area (Å²) in [5.41, 5.74) is 1.42. The summed E-state index contributed by atoms with van der Waals surface area (Å²) in [5.74, 6) is -0.507. The highest BCUT2D eigenvalue weighted by Crippen LogP contribution is 2.17. The largest absolute Gasteiger partial charge is 0.481 e. The monoisotopic (exact) mass is 292 g/mol. The minimum absolute atomic E-state index is 0.103. The van der Waals surface area contributed by atoms with E-state index in [2.05, 4.69) is 17.2 Å². The number of hydrogen-bond acceptors (Lipinski definition) is 3. The predicted octanol–water partition coefficient (Wildman–Crippen LogP) is 2.79. The van der Waals surface area contributed by atoms with Crippen LogP contribution in [0.25, 0.3) is 0 Å². The van der Waals surface area contributed by atoms with Gasteiger partial charge in [-0.25, -0.2) is 0 Å². The lowest BCUT2D eigenvalue weighted by Crippen LogP contribution is -2.26. The summed E-state index contributed by atoms with van der Waals surface area (Å²) in [4.78, 5) is 26.7. The average molecular weight is 292 g/mol. The van der Waals surface area contributed by atoms with Crippen LogP contribution in [0.4, 0.5) is 0 Å². The maximum atomic E-state index is 12.0. The van der Waals surface area contributed by atoms with Gasteiger partial charge in [-0.1, -0.05) is 19.8 Å². The molecule has 1 rings (SSSR count). The summed E-state index contributed by atoms with van der Waals surface area (Å²) in [6.45, 7) is 4.51. The average Bonchev–Trinajstić information content (AvgIpc) is 2.44. The van der Waals surface area contributed by atoms with Gasteiger partial charge in [0, 0.05) is 30.4 Å². The molecule has 1 heterocycles. The first-order chi connectivity index (χ1) is 10.0. The number of amides is 1. The SMILES string of the molecule is CCCC(CCNC(=O)c1ccnc(C)c1)CCC(=O)O. The number of aromatic nitrogens is 1. The van der Waals surface area contributed by atoms with Gasteiger partial charge in [-0.05, 0) is 37.8 Å². The Morgan fingerprint density at radius 2 is 2.10 bits per heavy atom. The van der Waals surface area contributed by atoms with Gasteiger partial charge in [-0.2, -0.15) is 0 Å². The van der Waals surface area contributed by atoms with E-state index >= 15 is 0 Å². The fourth-order valence-corrected chi connectivity index (χ4v) is 2.35. The Kier molecular flexibility index (Phi) is 7.43. The van der Waals surface area contributed by atoms with Crippen LogP contribution in [0.3, 0.4) is 0 Å². The third-order valence-corrected chi connectivity index (χ3v) is 3.46. The maximum Gasteiger partial charge on any atom is 0.303 e. The molecule has 21 heavy (non-hydrogen) atoms. The number of carbonyl (C=O) groups is 2. The molecule has 0 aliphatic carbocycles. The zero-order valence-electron chi connectivity index (χ0n) is 12.8. The molecule has 0 aromatic carbocycles. The van der Waals surface area contributed by atoms with Crippen LogP contribution in [-0.2, 0) is 4.79 Å². The van der Waals surface area contributed by atoms with Crippen molar-refractivity contribution in [2.75, 3.05) is 6.54 Å². The summed E-state index contributed by atoms with van der Waals surface area (Å²) in [5, 5.41) is 11.6. The Balaban J connectivity index is 2.38. The Bertz CT molecular complexity index is 474. The number of aliphatic carboxylic acids is 1. The van der Waals surface area contributed by atoms with Crippen molar-refractivity contribution in [2.45, 2.75) is 46.0 Å². The molecule has 1 atom stereocenters. The molecule has 0 radical (unpaired) electrons. The first kappa shape index (κ1) is 17.1. The summed E-state index contributed by atoms with van der Waals surface area (Å²) in [6.07, 6.45) is 5.34. The zero-order valence-corrected chi connectivity index (χ0v) is 12.8. The number of nitrogens with one attached hydrogen (secondary N) is 1. The van der Waals surface area contributed by atoms with Gasteiger partial charge in [-0.3, -0.25) is 14.6 Å². The maximum absolute atomic E-state index is 12.0. The Morgan fingerprint density at radius 1 is 1.33 bits per heavy atom. The van der Waals surface area contributed by atoms with Crippen molar-refractivity contribution in [1.82, 2.24) is 10.3 Å². The van der Waals surface area contributed by atoms with Gasteiger partial charge < -0.3 is 10.4 Å². The fraction of sp³-hybridized carbons (Fsp3) is 0.562. The minimum atomic E-state index is -0.757. The molecular weight excluding hydrogens is 268 g/mol. The molecule has 1 amide bonds. The van der Waals surface area contributed by atoms with E-state index in [0.29, 0.717) is 24.4 Å². The number of aryl methyl sites for hydroxylation is 1. The summed E-state index contributed by atoms with van der Waals surface area (Å²) >= 11 is 0. The second kappa shape index (κ2) is 9.10. The van der Waals surface area contributed by atoms with Crippen molar-refractivity contribution in [3.8, 4) is 0 Å². The molecule has 0 spiro atoms. The van der Waals surface area contributed by atoms with Crippen LogP contribution in [0.1, 0.15) is 55.1 Å². The van der Waals surface area contributed by atoms with Crippen LogP contribution in [0, 0.1) is 12.8 Å². The molecule has 1 unspecified atom stereocenters. The van der Waals surface area contributed by atoms with Crippen LogP contribution in [0.15, 0.2) is 18.3 Å². The normalized spacial score (nSPS) is 11.9. The van der Waals surface area contributed by atoms with Crippen LogP contribution in [-0.4, -0.2) is 28.5 Å². The molecule has 1 aromatic rings. The summed E-state index contributed by atoms with van der Waals surface area (Å²) < 4.78 is 0. The molecule has 116 valence electrons. The highest BCUT2D eigenvalue weighted by molar-refractivity contribution is 5.94. The van der Waals surface area contributed by atoms with E-state index in [9.17, 15) is 9.59 Å². The van der Waals surface area contributed by atoms with Crippen LogP contribution in [0.2, 0.25) is 0 Å². The van der Waals surface area contributed by atoms with Gasteiger partial charge in [-0.15, -0.1) is 0 Å². The lowest BCUT2D eigenvalue weighted by molar-refractivity contribution is -0.137. The molecular formula is C16H24N2O3. The third-order valence-electron chi connectivity index (χ3n) is 3.46. The van der Waals surface area contributed by atoms with Gasteiger partial charge in [0.2, 0.25) is 0 Å². The van der Waals surface area contributed by atoms with Gasteiger partial charge in [0.1, 0.15) is 0 Å². The van der Waals surface area contributed by atoms with Crippen molar-refractivity contribution in [1.29, 1.82) is 0 Å². The molecule has 0 fully saturated rings. The zero-order chi connectivity index (χ0) is 15.7. The molecule has 5 heteroatoms. The van der Waals surface area contributed by atoms with Gasteiger partial charge in [0.25, 0.3) is 5.91 Å². The second-order valence-electron chi connectivity index (χ2n) is 5.32. The van der Waals surface area contributed by atoms with E-state index in [4.69, 9.17) is 5.11 Å². The van der Waals surface area contributed by atoms with E-state index in [0.717, 1.165) is 25.0 Å². The quantitative estimate of drug-likeness (QED) is 0.733. The lowest BCUT2D eigenvalue weighted by Gasteiger charge is -2.15. The number of carbonyl (C=O) groups excluding carboxylic acids is 1. The molecule has 0 saturated heterocycles. The van der Waals surface area contributed by atoms with E-state index in [-0.39, 0.29) is 12.3 Å². The standard InChI is InChI=1S/C16H24N2O3/c1-3-4-13(5-6-15(19)20)7-9-18-16(21)14-8-10-17-12(2)11-14/h8,10-11,13H,3-7,9H2,1-2H3,(H,18,21)(H,19,20). The first-order valence-corrected chi connectivity index (χ1v) is 7.45. The molecule has 0 aliphatic heterocycles.